The summed E-state index contributed by atoms with van der Waals surface area (Å²) in [4.78, 5) is 12.1. The molecule has 0 fully saturated rings. The minimum absolute atomic E-state index is 0.0200. The molecule has 0 aromatic heterocycles. The number of halogens is 2. The number of hydrogen-bond donors (Lipinski definition) is 1. The number of aromatic hydroxyl groups is 1. The summed E-state index contributed by atoms with van der Waals surface area (Å²) in [7, 11) is 1.35. The standard InChI is InChI=1S/C14H10F2O3/c1-19-13-7-9(3-5-12(13)17)14(18)8-2-4-10(15)11(16)6-8/h2-7,17H,1H3. The molecule has 0 spiro atoms. The van der Waals surface area contributed by atoms with Gasteiger partial charge in [-0.1, -0.05) is 0 Å². The van der Waals surface area contributed by atoms with E-state index in [0.717, 1.165) is 12.1 Å². The minimum atomic E-state index is -1.09. The molecule has 2 aromatic rings. The Morgan fingerprint density at radius 1 is 1.05 bits per heavy atom. The zero-order chi connectivity index (χ0) is 14.0. The van der Waals surface area contributed by atoms with Crippen molar-refractivity contribution in [3.8, 4) is 11.5 Å². The van der Waals surface area contributed by atoms with E-state index in [9.17, 15) is 18.7 Å². The van der Waals surface area contributed by atoms with Gasteiger partial charge in [-0.15, -0.1) is 0 Å². The molecular weight excluding hydrogens is 254 g/mol. The Hall–Kier alpha value is -2.43. The zero-order valence-corrected chi connectivity index (χ0v) is 9.98. The summed E-state index contributed by atoms with van der Waals surface area (Å²) in [6, 6.07) is 6.92. The van der Waals surface area contributed by atoms with E-state index in [0.29, 0.717) is 0 Å². The van der Waals surface area contributed by atoms with Gasteiger partial charge in [0.25, 0.3) is 0 Å². The summed E-state index contributed by atoms with van der Waals surface area (Å²) in [6.07, 6.45) is 0. The smallest absolute Gasteiger partial charge is 0.193 e. The maximum Gasteiger partial charge on any atom is 0.193 e. The maximum absolute atomic E-state index is 13.1. The molecule has 0 aliphatic rings. The van der Waals surface area contributed by atoms with Crippen molar-refractivity contribution in [1.82, 2.24) is 0 Å². The van der Waals surface area contributed by atoms with E-state index in [2.05, 4.69) is 0 Å². The fourth-order valence-corrected chi connectivity index (χ4v) is 1.62. The van der Waals surface area contributed by atoms with E-state index in [4.69, 9.17) is 4.74 Å². The Morgan fingerprint density at radius 2 is 1.68 bits per heavy atom. The van der Waals surface area contributed by atoms with Crippen LogP contribution >= 0.6 is 0 Å². The Bertz CT molecular complexity index is 639. The molecule has 19 heavy (non-hydrogen) atoms. The molecule has 2 aromatic carbocycles. The second kappa shape index (κ2) is 5.06. The topological polar surface area (TPSA) is 46.5 Å². The largest absolute Gasteiger partial charge is 0.504 e. The number of carbonyl (C=O) groups is 1. The highest BCUT2D eigenvalue weighted by atomic mass is 19.2. The first kappa shape index (κ1) is 13.0. The Labute approximate surface area is 108 Å². The van der Waals surface area contributed by atoms with Crippen molar-refractivity contribution in [1.29, 1.82) is 0 Å². The van der Waals surface area contributed by atoms with Gasteiger partial charge in [-0.25, -0.2) is 8.78 Å². The first-order valence-corrected chi connectivity index (χ1v) is 5.39. The summed E-state index contributed by atoms with van der Waals surface area (Å²) in [5, 5.41) is 9.42. The molecule has 0 unspecified atom stereocenters. The van der Waals surface area contributed by atoms with Gasteiger partial charge >= 0.3 is 0 Å². The lowest BCUT2D eigenvalue weighted by Gasteiger charge is -2.06. The second-order valence-electron chi connectivity index (χ2n) is 3.84. The van der Waals surface area contributed by atoms with Gasteiger partial charge in [0.1, 0.15) is 0 Å². The van der Waals surface area contributed by atoms with Crippen molar-refractivity contribution >= 4 is 5.78 Å². The van der Waals surface area contributed by atoms with Crippen LogP contribution in [-0.2, 0) is 0 Å². The minimum Gasteiger partial charge on any atom is -0.504 e. The van der Waals surface area contributed by atoms with Gasteiger partial charge in [0, 0.05) is 11.1 Å². The van der Waals surface area contributed by atoms with Crippen LogP contribution in [0.5, 0.6) is 11.5 Å². The Balaban J connectivity index is 2.41. The molecule has 2 rings (SSSR count). The number of ether oxygens (including phenoxy) is 1. The zero-order valence-electron chi connectivity index (χ0n) is 9.98. The number of methoxy groups -OCH3 is 1. The van der Waals surface area contributed by atoms with Crippen LogP contribution in [0.4, 0.5) is 8.78 Å². The van der Waals surface area contributed by atoms with Gasteiger partial charge in [-0.2, -0.15) is 0 Å². The lowest BCUT2D eigenvalue weighted by atomic mass is 10.0. The van der Waals surface area contributed by atoms with E-state index < -0.39 is 17.4 Å². The van der Waals surface area contributed by atoms with Gasteiger partial charge in [0.15, 0.2) is 28.9 Å². The van der Waals surface area contributed by atoms with Crippen LogP contribution in [0.3, 0.4) is 0 Å². The fourth-order valence-electron chi connectivity index (χ4n) is 1.62. The molecule has 3 nitrogen and oxygen atoms in total. The molecule has 0 radical (unpaired) electrons. The van der Waals surface area contributed by atoms with E-state index >= 15 is 0 Å². The van der Waals surface area contributed by atoms with E-state index in [1.54, 1.807) is 0 Å². The van der Waals surface area contributed by atoms with Gasteiger partial charge in [0.05, 0.1) is 7.11 Å². The molecule has 0 amide bonds. The van der Waals surface area contributed by atoms with E-state index in [-0.39, 0.29) is 22.6 Å². The Kier molecular flexibility index (Phi) is 3.46. The average molecular weight is 264 g/mol. The molecule has 0 saturated carbocycles. The SMILES string of the molecule is COc1cc(C(=O)c2ccc(F)c(F)c2)ccc1O. The maximum atomic E-state index is 13.1. The normalized spacial score (nSPS) is 10.3. The van der Waals surface area contributed by atoms with Crippen LogP contribution in [0.1, 0.15) is 15.9 Å². The summed E-state index contributed by atoms with van der Waals surface area (Å²) in [6.45, 7) is 0. The molecule has 0 aliphatic heterocycles. The number of phenolic OH excluding ortho intramolecular Hbond substituents is 1. The highest BCUT2D eigenvalue weighted by molar-refractivity contribution is 6.09. The quantitative estimate of drug-likeness (QED) is 0.867. The van der Waals surface area contributed by atoms with Crippen LogP contribution in [0.15, 0.2) is 36.4 Å². The van der Waals surface area contributed by atoms with Gasteiger partial charge in [-0.05, 0) is 36.4 Å². The second-order valence-corrected chi connectivity index (χ2v) is 3.84. The van der Waals surface area contributed by atoms with Crippen LogP contribution in [0, 0.1) is 11.6 Å². The van der Waals surface area contributed by atoms with Crippen molar-refractivity contribution < 1.29 is 23.4 Å². The highest BCUT2D eigenvalue weighted by Crippen LogP contribution is 2.27. The van der Waals surface area contributed by atoms with E-state index in [1.165, 1.54) is 31.4 Å². The van der Waals surface area contributed by atoms with E-state index in [1.807, 2.05) is 0 Å². The summed E-state index contributed by atoms with van der Waals surface area (Å²) < 4.78 is 30.7. The molecule has 0 heterocycles. The molecule has 0 atom stereocenters. The van der Waals surface area contributed by atoms with Crippen molar-refractivity contribution in [2.45, 2.75) is 0 Å². The van der Waals surface area contributed by atoms with Crippen LogP contribution in [0.2, 0.25) is 0 Å². The van der Waals surface area contributed by atoms with Crippen LogP contribution in [-0.4, -0.2) is 18.0 Å². The van der Waals surface area contributed by atoms with Crippen LogP contribution in [0.25, 0.3) is 0 Å². The highest BCUT2D eigenvalue weighted by Gasteiger charge is 2.14. The number of benzene rings is 2. The predicted octanol–water partition coefficient (Wildman–Crippen LogP) is 2.91. The third-order valence-electron chi connectivity index (χ3n) is 2.62. The van der Waals surface area contributed by atoms with Crippen molar-refractivity contribution in [2.75, 3.05) is 7.11 Å². The average Bonchev–Trinajstić information content (AvgIpc) is 2.41. The monoisotopic (exact) mass is 264 g/mol. The third-order valence-corrected chi connectivity index (χ3v) is 2.62. The first-order chi connectivity index (χ1) is 9.02. The van der Waals surface area contributed by atoms with Crippen molar-refractivity contribution in [3.05, 3.63) is 59.2 Å². The fraction of sp³-hybridized carbons (Fsp3) is 0.0714. The number of phenols is 1. The molecule has 0 aliphatic carbocycles. The molecule has 0 saturated heterocycles. The van der Waals surface area contributed by atoms with Gasteiger partial charge < -0.3 is 9.84 Å². The van der Waals surface area contributed by atoms with Gasteiger partial charge in [0.2, 0.25) is 0 Å². The van der Waals surface area contributed by atoms with Crippen molar-refractivity contribution in [3.63, 3.8) is 0 Å². The van der Waals surface area contributed by atoms with Crippen LogP contribution < -0.4 is 4.74 Å². The third kappa shape index (κ3) is 2.54. The first-order valence-electron chi connectivity index (χ1n) is 5.39. The summed E-state index contributed by atoms with van der Waals surface area (Å²) in [5.41, 5.74) is 0.229. The number of carbonyl (C=O) groups excluding carboxylic acids is 1. The Morgan fingerprint density at radius 3 is 2.32 bits per heavy atom. The number of rotatable bonds is 3. The summed E-state index contributed by atoms with van der Waals surface area (Å²) in [5.74, 6) is -2.56. The molecule has 98 valence electrons. The van der Waals surface area contributed by atoms with Crippen molar-refractivity contribution in [2.24, 2.45) is 0 Å². The molecular formula is C14H10F2O3. The molecule has 5 heteroatoms. The lowest BCUT2D eigenvalue weighted by Crippen LogP contribution is -2.03. The lowest BCUT2D eigenvalue weighted by molar-refractivity contribution is 0.103. The van der Waals surface area contributed by atoms with Gasteiger partial charge in [-0.3, -0.25) is 4.79 Å². The summed E-state index contributed by atoms with van der Waals surface area (Å²) >= 11 is 0. The molecule has 0 bridgehead atoms. The number of hydrogen-bond acceptors (Lipinski definition) is 3. The molecule has 1 N–H and O–H groups in total. The predicted molar refractivity (Wildman–Crippen MR) is 64.4 cm³/mol. The number of ketones is 1.